The third kappa shape index (κ3) is 2.46. The van der Waals surface area contributed by atoms with Crippen molar-refractivity contribution in [3.05, 3.63) is 16.1 Å². The summed E-state index contributed by atoms with van der Waals surface area (Å²) < 4.78 is 0. The van der Waals surface area contributed by atoms with Crippen molar-refractivity contribution in [1.82, 2.24) is 10.3 Å². The molecule has 16 heavy (non-hydrogen) atoms. The highest BCUT2D eigenvalue weighted by Crippen LogP contribution is 2.37. The highest BCUT2D eigenvalue weighted by Gasteiger charge is 2.26. The molecule has 3 heteroatoms. The number of rotatable bonds is 4. The van der Waals surface area contributed by atoms with E-state index in [1.165, 1.54) is 36.4 Å². The molecule has 0 aromatic carbocycles. The van der Waals surface area contributed by atoms with Crippen molar-refractivity contribution < 1.29 is 0 Å². The van der Waals surface area contributed by atoms with Gasteiger partial charge in [-0.1, -0.05) is 26.7 Å². The zero-order valence-corrected chi connectivity index (χ0v) is 11.4. The maximum Gasteiger partial charge on any atom is 0.0959 e. The van der Waals surface area contributed by atoms with Crippen LogP contribution in [0.25, 0.3) is 0 Å². The monoisotopic (exact) mass is 238 g/mol. The molecular formula is C13H22N2S. The minimum atomic E-state index is 0.155. The van der Waals surface area contributed by atoms with E-state index in [1.54, 1.807) is 0 Å². The van der Waals surface area contributed by atoms with E-state index in [-0.39, 0.29) is 5.41 Å². The van der Waals surface area contributed by atoms with Crippen molar-refractivity contribution in [2.45, 2.75) is 50.9 Å². The number of nitrogens with zero attached hydrogens (tertiary/aromatic N) is 1. The minimum Gasteiger partial charge on any atom is -0.319 e. The third-order valence-corrected chi connectivity index (χ3v) is 4.55. The van der Waals surface area contributed by atoms with Crippen LogP contribution in [-0.2, 0) is 5.41 Å². The Kier molecular flexibility index (Phi) is 3.65. The molecule has 1 heterocycles. The van der Waals surface area contributed by atoms with Gasteiger partial charge in [0.15, 0.2) is 0 Å². The van der Waals surface area contributed by atoms with Crippen molar-refractivity contribution in [2.75, 3.05) is 13.6 Å². The number of hydrogen-bond donors (Lipinski definition) is 1. The normalized spacial score (nSPS) is 18.2. The molecule has 0 amide bonds. The molecule has 0 atom stereocenters. The Labute approximate surface area is 102 Å². The van der Waals surface area contributed by atoms with E-state index < -0.39 is 0 Å². The predicted molar refractivity (Wildman–Crippen MR) is 70.3 cm³/mol. The first-order valence-electron chi connectivity index (χ1n) is 6.24. The molecule has 90 valence electrons. The Bertz CT molecular complexity index is 337. The molecule has 1 aliphatic carbocycles. The molecule has 0 bridgehead atoms. The summed E-state index contributed by atoms with van der Waals surface area (Å²) in [5.41, 5.74) is 1.41. The van der Waals surface area contributed by atoms with Gasteiger partial charge in [-0.15, -0.1) is 11.3 Å². The summed E-state index contributed by atoms with van der Waals surface area (Å²) in [6, 6.07) is 0. The summed E-state index contributed by atoms with van der Waals surface area (Å²) in [7, 11) is 2.01. The minimum absolute atomic E-state index is 0.155. The van der Waals surface area contributed by atoms with Crippen LogP contribution in [-0.4, -0.2) is 18.6 Å². The van der Waals surface area contributed by atoms with Gasteiger partial charge in [0.05, 0.1) is 10.7 Å². The van der Waals surface area contributed by atoms with Gasteiger partial charge in [0.1, 0.15) is 0 Å². The van der Waals surface area contributed by atoms with Crippen LogP contribution < -0.4 is 5.32 Å². The Balaban J connectivity index is 2.12. The van der Waals surface area contributed by atoms with Gasteiger partial charge in [0.2, 0.25) is 0 Å². The lowest BCUT2D eigenvalue weighted by molar-refractivity contribution is 0.480. The topological polar surface area (TPSA) is 24.9 Å². The smallest absolute Gasteiger partial charge is 0.0959 e. The lowest BCUT2D eigenvalue weighted by Crippen LogP contribution is -2.31. The average Bonchev–Trinajstić information content (AvgIpc) is 2.89. The van der Waals surface area contributed by atoms with Gasteiger partial charge in [-0.2, -0.15) is 0 Å². The van der Waals surface area contributed by atoms with Crippen LogP contribution in [0.5, 0.6) is 0 Å². The van der Waals surface area contributed by atoms with Gasteiger partial charge in [-0.05, 0) is 19.9 Å². The molecule has 1 saturated carbocycles. The van der Waals surface area contributed by atoms with Crippen LogP contribution >= 0.6 is 11.3 Å². The zero-order chi connectivity index (χ0) is 11.6. The summed E-state index contributed by atoms with van der Waals surface area (Å²) in [6.07, 6.45) is 5.47. The molecule has 1 aliphatic rings. The van der Waals surface area contributed by atoms with Crippen molar-refractivity contribution in [2.24, 2.45) is 0 Å². The molecule has 1 N–H and O–H groups in total. The first-order valence-corrected chi connectivity index (χ1v) is 7.12. The summed E-state index contributed by atoms with van der Waals surface area (Å²) in [4.78, 5) is 4.86. The lowest BCUT2D eigenvalue weighted by Gasteiger charge is -2.21. The predicted octanol–water partition coefficient (Wildman–Crippen LogP) is 3.30. The maximum absolute atomic E-state index is 4.86. The fraction of sp³-hybridized carbons (Fsp3) is 0.769. The van der Waals surface area contributed by atoms with Crippen LogP contribution in [0.4, 0.5) is 0 Å². The molecule has 0 unspecified atom stereocenters. The second-order valence-electron chi connectivity index (χ2n) is 5.47. The second-order valence-corrected chi connectivity index (χ2v) is 6.36. The van der Waals surface area contributed by atoms with E-state index in [0.29, 0.717) is 0 Å². The zero-order valence-electron chi connectivity index (χ0n) is 10.5. The van der Waals surface area contributed by atoms with Crippen molar-refractivity contribution >= 4 is 11.3 Å². The number of thiazole rings is 1. The molecular weight excluding hydrogens is 216 g/mol. The van der Waals surface area contributed by atoms with E-state index in [2.05, 4.69) is 24.5 Å². The van der Waals surface area contributed by atoms with Gasteiger partial charge < -0.3 is 5.32 Å². The Morgan fingerprint density at radius 3 is 2.75 bits per heavy atom. The third-order valence-electron chi connectivity index (χ3n) is 3.54. The first kappa shape index (κ1) is 12.1. The number of nitrogens with one attached hydrogen (secondary N) is 1. The number of likely N-dealkylation sites (N-methyl/N-ethyl adjacent to an activating group) is 1. The largest absolute Gasteiger partial charge is 0.319 e. The molecule has 2 rings (SSSR count). The fourth-order valence-electron chi connectivity index (χ4n) is 2.49. The summed E-state index contributed by atoms with van der Waals surface area (Å²) >= 11 is 1.86. The van der Waals surface area contributed by atoms with Crippen LogP contribution in [0.1, 0.15) is 56.2 Å². The average molecular weight is 238 g/mol. The van der Waals surface area contributed by atoms with Gasteiger partial charge in [-0.25, -0.2) is 4.98 Å². The van der Waals surface area contributed by atoms with Crippen LogP contribution in [0.2, 0.25) is 0 Å². The van der Waals surface area contributed by atoms with Crippen LogP contribution in [0, 0.1) is 0 Å². The van der Waals surface area contributed by atoms with Crippen molar-refractivity contribution in [3.8, 4) is 0 Å². The Hall–Kier alpha value is -0.410. The van der Waals surface area contributed by atoms with Gasteiger partial charge in [-0.3, -0.25) is 0 Å². The first-order chi connectivity index (χ1) is 7.63. The molecule has 0 aliphatic heterocycles. The van der Waals surface area contributed by atoms with Crippen LogP contribution in [0.3, 0.4) is 0 Å². The summed E-state index contributed by atoms with van der Waals surface area (Å²) in [6.45, 7) is 5.51. The molecule has 0 spiro atoms. The Morgan fingerprint density at radius 2 is 2.12 bits per heavy atom. The fourth-order valence-corrected chi connectivity index (χ4v) is 3.67. The number of aromatic nitrogens is 1. The quantitative estimate of drug-likeness (QED) is 0.870. The van der Waals surface area contributed by atoms with Gasteiger partial charge in [0.25, 0.3) is 0 Å². The highest BCUT2D eigenvalue weighted by molar-refractivity contribution is 7.09. The van der Waals surface area contributed by atoms with Gasteiger partial charge in [0, 0.05) is 23.3 Å². The van der Waals surface area contributed by atoms with Crippen molar-refractivity contribution in [3.63, 3.8) is 0 Å². The lowest BCUT2D eigenvalue weighted by atomic mass is 9.90. The van der Waals surface area contributed by atoms with E-state index in [0.717, 1.165) is 12.5 Å². The molecule has 1 aromatic rings. The van der Waals surface area contributed by atoms with Crippen LogP contribution in [0.15, 0.2) is 5.38 Å². The highest BCUT2D eigenvalue weighted by atomic mass is 32.1. The maximum atomic E-state index is 4.86. The molecule has 1 fully saturated rings. The second kappa shape index (κ2) is 4.84. The summed E-state index contributed by atoms with van der Waals surface area (Å²) in [5, 5.41) is 6.88. The SMILES string of the molecule is CNCC(C)(C)c1csc(C2CCCC2)n1. The molecule has 0 saturated heterocycles. The molecule has 1 aromatic heterocycles. The van der Waals surface area contributed by atoms with Crippen molar-refractivity contribution in [1.29, 1.82) is 0 Å². The molecule has 2 nitrogen and oxygen atoms in total. The van der Waals surface area contributed by atoms with Gasteiger partial charge >= 0.3 is 0 Å². The standard InChI is InChI=1S/C13H22N2S/c1-13(2,9-14-3)11-8-16-12(15-11)10-6-4-5-7-10/h8,10,14H,4-7,9H2,1-3H3. The number of hydrogen-bond acceptors (Lipinski definition) is 3. The van der Waals surface area contributed by atoms with E-state index in [9.17, 15) is 0 Å². The van der Waals surface area contributed by atoms with E-state index in [4.69, 9.17) is 4.98 Å². The van der Waals surface area contributed by atoms with E-state index in [1.807, 2.05) is 18.4 Å². The molecule has 0 radical (unpaired) electrons. The van der Waals surface area contributed by atoms with E-state index >= 15 is 0 Å². The summed E-state index contributed by atoms with van der Waals surface area (Å²) in [5.74, 6) is 0.754. The Morgan fingerprint density at radius 1 is 1.44 bits per heavy atom.